The molecule has 8 nitrogen and oxygen atoms in total. The maximum atomic E-state index is 11.4. The van der Waals surface area contributed by atoms with E-state index in [1.807, 2.05) is 0 Å². The number of hydrogen-bond acceptors (Lipinski definition) is 6. The number of ether oxygens (including phenoxy) is 1. The van der Waals surface area contributed by atoms with Crippen molar-refractivity contribution in [1.82, 2.24) is 14.6 Å². The Morgan fingerprint density at radius 1 is 1.62 bits per heavy atom. The van der Waals surface area contributed by atoms with Gasteiger partial charge in [0.25, 0.3) is 5.69 Å². The lowest BCUT2D eigenvalue weighted by atomic mass is 10.2. The Bertz CT molecular complexity index is 576. The van der Waals surface area contributed by atoms with E-state index in [4.69, 9.17) is 0 Å². The monoisotopic (exact) mass is 222 g/mol. The highest BCUT2D eigenvalue weighted by Gasteiger charge is 2.18. The molecule has 2 rings (SSSR count). The fourth-order valence-corrected chi connectivity index (χ4v) is 1.28. The lowest BCUT2D eigenvalue weighted by molar-refractivity contribution is -0.385. The maximum Gasteiger partial charge on any atom is 0.341 e. The molecule has 0 aliphatic carbocycles. The fourth-order valence-electron chi connectivity index (χ4n) is 1.28. The lowest BCUT2D eigenvalue weighted by Crippen LogP contribution is -2.05. The van der Waals surface area contributed by atoms with Gasteiger partial charge in [0, 0.05) is 6.07 Å². The van der Waals surface area contributed by atoms with Crippen molar-refractivity contribution in [2.24, 2.45) is 0 Å². The number of carbonyl (C=O) groups excluding carboxylic acids is 1. The predicted molar refractivity (Wildman–Crippen MR) is 51.0 cm³/mol. The molecule has 0 N–H and O–H groups in total. The zero-order valence-electron chi connectivity index (χ0n) is 8.15. The number of pyridine rings is 1. The summed E-state index contributed by atoms with van der Waals surface area (Å²) in [4.78, 5) is 21.4. The molecule has 0 radical (unpaired) electrons. The van der Waals surface area contributed by atoms with E-state index in [-0.39, 0.29) is 16.9 Å². The van der Waals surface area contributed by atoms with Crippen LogP contribution in [-0.4, -0.2) is 32.6 Å². The molecule has 0 aliphatic rings. The van der Waals surface area contributed by atoms with E-state index < -0.39 is 10.9 Å². The number of nitrogens with zero attached hydrogens (tertiary/aromatic N) is 4. The van der Waals surface area contributed by atoms with Gasteiger partial charge in [0.2, 0.25) is 0 Å². The normalized spacial score (nSPS) is 10.3. The van der Waals surface area contributed by atoms with Gasteiger partial charge in [-0.15, -0.1) is 10.2 Å². The third kappa shape index (κ3) is 1.45. The van der Waals surface area contributed by atoms with Crippen molar-refractivity contribution in [3.63, 3.8) is 0 Å². The van der Waals surface area contributed by atoms with Gasteiger partial charge in [-0.2, -0.15) is 0 Å². The summed E-state index contributed by atoms with van der Waals surface area (Å²) in [5.41, 5.74) is -0.000602. The predicted octanol–water partition coefficient (Wildman–Crippen LogP) is 0.424. The average Bonchev–Trinajstić information content (AvgIpc) is 2.74. The zero-order chi connectivity index (χ0) is 11.7. The molecule has 0 aromatic carbocycles. The summed E-state index contributed by atoms with van der Waals surface area (Å²) < 4.78 is 5.80. The molecule has 2 aromatic heterocycles. The van der Waals surface area contributed by atoms with Gasteiger partial charge < -0.3 is 4.74 Å². The number of carbonyl (C=O) groups is 1. The van der Waals surface area contributed by atoms with E-state index >= 15 is 0 Å². The maximum absolute atomic E-state index is 11.4. The van der Waals surface area contributed by atoms with Crippen molar-refractivity contribution in [2.75, 3.05) is 7.11 Å². The summed E-state index contributed by atoms with van der Waals surface area (Å²) in [6.07, 6.45) is 2.50. The molecule has 82 valence electrons. The van der Waals surface area contributed by atoms with Crippen LogP contribution in [0.5, 0.6) is 0 Å². The van der Waals surface area contributed by atoms with E-state index in [2.05, 4.69) is 14.9 Å². The molecular weight excluding hydrogens is 216 g/mol. The second-order valence-electron chi connectivity index (χ2n) is 2.92. The van der Waals surface area contributed by atoms with Crippen LogP contribution < -0.4 is 0 Å². The molecule has 2 heterocycles. The molecule has 16 heavy (non-hydrogen) atoms. The van der Waals surface area contributed by atoms with E-state index in [9.17, 15) is 14.9 Å². The first-order valence-electron chi connectivity index (χ1n) is 4.19. The topological polar surface area (TPSA) is 99.6 Å². The highest BCUT2D eigenvalue weighted by molar-refractivity contribution is 5.96. The smallest absolute Gasteiger partial charge is 0.341 e. The highest BCUT2D eigenvalue weighted by Crippen LogP contribution is 2.17. The van der Waals surface area contributed by atoms with Crippen LogP contribution in [-0.2, 0) is 4.74 Å². The van der Waals surface area contributed by atoms with Crippen molar-refractivity contribution >= 4 is 17.3 Å². The van der Waals surface area contributed by atoms with Gasteiger partial charge in [0.05, 0.1) is 18.2 Å². The molecule has 0 saturated carbocycles. The molecule has 0 atom stereocenters. The third-order valence-electron chi connectivity index (χ3n) is 1.99. The van der Waals surface area contributed by atoms with E-state index in [1.165, 1.54) is 24.0 Å². The van der Waals surface area contributed by atoms with Crippen LogP contribution in [0, 0.1) is 10.1 Å². The van der Waals surface area contributed by atoms with E-state index in [1.54, 1.807) is 0 Å². The summed E-state index contributed by atoms with van der Waals surface area (Å²) in [6.45, 7) is 0. The molecule has 0 spiro atoms. The second kappa shape index (κ2) is 3.57. The molecule has 0 aliphatic heterocycles. The standard InChI is InChI=1S/C8H6N4O4/c1-16-8(13)6-2-5(12(14)15)3-11-4-9-10-7(6)11/h2-4H,1H3. The van der Waals surface area contributed by atoms with Crippen molar-refractivity contribution in [3.8, 4) is 0 Å². The largest absolute Gasteiger partial charge is 0.465 e. The number of aromatic nitrogens is 3. The van der Waals surface area contributed by atoms with Crippen LogP contribution in [0.15, 0.2) is 18.6 Å². The molecule has 0 saturated heterocycles. The molecule has 2 aromatic rings. The van der Waals surface area contributed by atoms with Crippen LogP contribution >= 0.6 is 0 Å². The van der Waals surface area contributed by atoms with Gasteiger partial charge in [0.1, 0.15) is 11.9 Å². The Hall–Kier alpha value is -2.51. The molecule has 0 unspecified atom stereocenters. The molecular formula is C8H6N4O4. The van der Waals surface area contributed by atoms with Gasteiger partial charge in [-0.1, -0.05) is 0 Å². The lowest BCUT2D eigenvalue weighted by Gasteiger charge is -2.00. The zero-order valence-corrected chi connectivity index (χ0v) is 8.15. The Balaban J connectivity index is 2.73. The number of hydrogen-bond donors (Lipinski definition) is 0. The summed E-state index contributed by atoms with van der Waals surface area (Å²) >= 11 is 0. The van der Waals surface area contributed by atoms with Gasteiger partial charge in [-0.25, -0.2) is 4.79 Å². The van der Waals surface area contributed by atoms with Gasteiger partial charge in [0.15, 0.2) is 5.65 Å². The van der Waals surface area contributed by atoms with Gasteiger partial charge in [-0.3, -0.25) is 14.5 Å². The summed E-state index contributed by atoms with van der Waals surface area (Å²) in [5, 5.41) is 17.9. The first-order chi connectivity index (χ1) is 7.63. The number of rotatable bonds is 2. The minimum absolute atomic E-state index is 0.00852. The van der Waals surface area contributed by atoms with Crippen LogP contribution in [0.2, 0.25) is 0 Å². The third-order valence-corrected chi connectivity index (χ3v) is 1.99. The van der Waals surface area contributed by atoms with Crippen molar-refractivity contribution < 1.29 is 14.5 Å². The first-order valence-corrected chi connectivity index (χ1v) is 4.19. The molecule has 8 heteroatoms. The van der Waals surface area contributed by atoms with E-state index in [0.29, 0.717) is 0 Å². The minimum Gasteiger partial charge on any atom is -0.465 e. The number of methoxy groups -OCH3 is 1. The highest BCUT2D eigenvalue weighted by atomic mass is 16.6. The summed E-state index contributed by atoms with van der Waals surface area (Å²) in [7, 11) is 1.19. The molecule has 0 bridgehead atoms. The molecule has 0 fully saturated rings. The Labute approximate surface area is 88.6 Å². The average molecular weight is 222 g/mol. The Kier molecular flexibility index (Phi) is 2.24. The fraction of sp³-hybridized carbons (Fsp3) is 0.125. The van der Waals surface area contributed by atoms with Crippen molar-refractivity contribution in [3.05, 3.63) is 34.3 Å². The quantitative estimate of drug-likeness (QED) is 0.414. The van der Waals surface area contributed by atoms with Crippen LogP contribution in [0.25, 0.3) is 5.65 Å². The summed E-state index contributed by atoms with van der Waals surface area (Å²) in [5.74, 6) is -0.693. The first kappa shape index (κ1) is 10.0. The van der Waals surface area contributed by atoms with Crippen LogP contribution in [0.4, 0.5) is 5.69 Å². The van der Waals surface area contributed by atoms with Crippen molar-refractivity contribution in [2.45, 2.75) is 0 Å². The molecule has 0 amide bonds. The number of esters is 1. The Morgan fingerprint density at radius 2 is 2.38 bits per heavy atom. The van der Waals surface area contributed by atoms with Gasteiger partial charge >= 0.3 is 5.97 Å². The minimum atomic E-state index is -0.693. The van der Waals surface area contributed by atoms with E-state index in [0.717, 1.165) is 6.07 Å². The Morgan fingerprint density at radius 3 is 3.00 bits per heavy atom. The SMILES string of the molecule is COC(=O)c1cc([N+](=O)[O-])cn2cnnc12. The van der Waals surface area contributed by atoms with Crippen LogP contribution in [0.3, 0.4) is 0 Å². The number of nitro groups is 1. The number of fused-ring (bicyclic) bond motifs is 1. The summed E-state index contributed by atoms with van der Waals surface area (Å²) in [6, 6.07) is 1.11. The van der Waals surface area contributed by atoms with Crippen LogP contribution in [0.1, 0.15) is 10.4 Å². The van der Waals surface area contributed by atoms with Crippen molar-refractivity contribution in [1.29, 1.82) is 0 Å². The van der Waals surface area contributed by atoms with Gasteiger partial charge in [-0.05, 0) is 0 Å². The second-order valence-corrected chi connectivity index (χ2v) is 2.92.